The maximum Gasteiger partial charge on any atom is 0.335 e. The Morgan fingerprint density at radius 1 is 1.29 bits per heavy atom. The zero-order valence-electron chi connectivity index (χ0n) is 10.8. The summed E-state index contributed by atoms with van der Waals surface area (Å²) in [7, 11) is 0. The summed E-state index contributed by atoms with van der Waals surface area (Å²) in [6, 6.07) is 10.2. The van der Waals surface area contributed by atoms with Crippen LogP contribution >= 0.6 is 11.3 Å². The number of aliphatic hydroxyl groups is 1. The maximum absolute atomic E-state index is 11.1. The van der Waals surface area contributed by atoms with Crippen molar-refractivity contribution in [3.63, 3.8) is 0 Å². The van der Waals surface area contributed by atoms with E-state index in [-0.39, 0.29) is 12.2 Å². The predicted molar refractivity (Wildman–Crippen MR) is 77.6 cm³/mol. The fourth-order valence-electron chi connectivity index (χ4n) is 2.03. The molecule has 6 nitrogen and oxygen atoms in total. The minimum absolute atomic E-state index is 0.172. The molecule has 2 heterocycles. The highest BCUT2D eigenvalue weighted by molar-refractivity contribution is 7.13. The molecular formula is C14H11N3O3S. The molecule has 0 aliphatic carbocycles. The number of nitrogens with zero attached hydrogens (tertiary/aromatic N) is 3. The van der Waals surface area contributed by atoms with Crippen LogP contribution in [0.1, 0.15) is 16.1 Å². The van der Waals surface area contributed by atoms with Gasteiger partial charge < -0.3 is 10.2 Å². The molecule has 0 radical (unpaired) electrons. The van der Waals surface area contributed by atoms with Crippen molar-refractivity contribution in [2.75, 3.05) is 0 Å². The van der Waals surface area contributed by atoms with E-state index in [2.05, 4.69) is 10.3 Å². The van der Waals surface area contributed by atoms with Gasteiger partial charge in [-0.2, -0.15) is 0 Å². The molecular weight excluding hydrogens is 290 g/mol. The van der Waals surface area contributed by atoms with Crippen molar-refractivity contribution in [3.8, 4) is 16.3 Å². The number of thiophene rings is 1. The van der Waals surface area contributed by atoms with Gasteiger partial charge in [-0.1, -0.05) is 17.3 Å². The molecule has 3 aromatic rings. The monoisotopic (exact) mass is 301 g/mol. The number of aromatic carboxylic acids is 1. The van der Waals surface area contributed by atoms with E-state index in [1.54, 1.807) is 16.8 Å². The van der Waals surface area contributed by atoms with Crippen LogP contribution in [0.15, 0.2) is 41.8 Å². The van der Waals surface area contributed by atoms with Crippen LogP contribution in [0.25, 0.3) is 16.3 Å². The van der Waals surface area contributed by atoms with Gasteiger partial charge in [-0.3, -0.25) is 0 Å². The molecule has 7 heteroatoms. The molecule has 2 aromatic heterocycles. The average Bonchev–Trinajstić information content (AvgIpc) is 3.15. The molecule has 0 fully saturated rings. The smallest absolute Gasteiger partial charge is 0.335 e. The molecule has 0 spiro atoms. The summed E-state index contributed by atoms with van der Waals surface area (Å²) in [5.41, 5.74) is 1.89. The van der Waals surface area contributed by atoms with E-state index < -0.39 is 5.97 Å². The van der Waals surface area contributed by atoms with E-state index in [9.17, 15) is 9.90 Å². The summed E-state index contributed by atoms with van der Waals surface area (Å²) in [6.45, 7) is -0.230. The van der Waals surface area contributed by atoms with E-state index in [1.807, 2.05) is 17.5 Å². The molecule has 1 aromatic carbocycles. The highest BCUT2D eigenvalue weighted by Crippen LogP contribution is 2.29. The molecule has 0 bridgehead atoms. The van der Waals surface area contributed by atoms with Crippen LogP contribution in [-0.4, -0.2) is 31.2 Å². The fourth-order valence-corrected chi connectivity index (χ4v) is 2.81. The zero-order chi connectivity index (χ0) is 14.8. The number of rotatable bonds is 4. The molecule has 3 rings (SSSR count). The molecule has 0 atom stereocenters. The Hall–Kier alpha value is -2.51. The Labute approximate surface area is 123 Å². The zero-order valence-corrected chi connectivity index (χ0v) is 11.6. The van der Waals surface area contributed by atoms with Crippen molar-refractivity contribution in [1.29, 1.82) is 0 Å². The standard InChI is InChI=1S/C14H11N3O3S/c18-8-11-13(12-5-2-6-21-12)17(16-15-11)10-4-1-3-9(7-10)14(19)20/h1-7,18H,8H2,(H,19,20). The van der Waals surface area contributed by atoms with Gasteiger partial charge in [0, 0.05) is 0 Å². The number of aliphatic hydroxyl groups excluding tert-OH is 1. The SMILES string of the molecule is O=C(O)c1cccc(-n2nnc(CO)c2-c2cccs2)c1. The molecule has 0 saturated carbocycles. The predicted octanol–water partition coefficient (Wildman–Crippen LogP) is 2.19. The van der Waals surface area contributed by atoms with Crippen molar-refractivity contribution < 1.29 is 15.0 Å². The van der Waals surface area contributed by atoms with Gasteiger partial charge in [-0.15, -0.1) is 16.4 Å². The summed E-state index contributed by atoms with van der Waals surface area (Å²) in [4.78, 5) is 12.0. The number of carboxylic acid groups (broad SMARTS) is 1. The van der Waals surface area contributed by atoms with Gasteiger partial charge in [0.2, 0.25) is 0 Å². The van der Waals surface area contributed by atoms with Gasteiger partial charge in [0.05, 0.1) is 22.7 Å². The lowest BCUT2D eigenvalue weighted by molar-refractivity contribution is 0.0697. The van der Waals surface area contributed by atoms with Gasteiger partial charge in [-0.05, 0) is 29.6 Å². The van der Waals surface area contributed by atoms with Crippen molar-refractivity contribution >= 4 is 17.3 Å². The lowest BCUT2D eigenvalue weighted by Crippen LogP contribution is -2.02. The number of hydrogen-bond acceptors (Lipinski definition) is 5. The van der Waals surface area contributed by atoms with Gasteiger partial charge >= 0.3 is 5.97 Å². The van der Waals surface area contributed by atoms with Gasteiger partial charge in [0.25, 0.3) is 0 Å². The van der Waals surface area contributed by atoms with Crippen molar-refractivity contribution in [2.24, 2.45) is 0 Å². The van der Waals surface area contributed by atoms with Gasteiger partial charge in [-0.25, -0.2) is 9.48 Å². The third-order valence-electron chi connectivity index (χ3n) is 2.98. The first-order chi connectivity index (χ1) is 10.2. The summed E-state index contributed by atoms with van der Waals surface area (Å²) < 4.78 is 1.55. The Bertz CT molecular complexity index is 781. The van der Waals surface area contributed by atoms with E-state index in [1.165, 1.54) is 23.5 Å². The van der Waals surface area contributed by atoms with E-state index in [0.29, 0.717) is 17.1 Å². The number of benzene rings is 1. The van der Waals surface area contributed by atoms with Crippen LogP contribution in [0.2, 0.25) is 0 Å². The summed E-state index contributed by atoms with van der Waals surface area (Å²) >= 11 is 1.50. The second-order valence-corrected chi connectivity index (χ2v) is 5.24. The lowest BCUT2D eigenvalue weighted by atomic mass is 10.2. The van der Waals surface area contributed by atoms with Crippen LogP contribution in [0, 0.1) is 0 Å². The highest BCUT2D eigenvalue weighted by Gasteiger charge is 2.17. The van der Waals surface area contributed by atoms with Crippen LogP contribution in [0.4, 0.5) is 0 Å². The Balaban J connectivity index is 2.17. The van der Waals surface area contributed by atoms with Crippen LogP contribution < -0.4 is 0 Å². The first kappa shape index (κ1) is 13.5. The first-order valence-corrected chi connectivity index (χ1v) is 7.01. The molecule has 21 heavy (non-hydrogen) atoms. The molecule has 0 aliphatic rings. The van der Waals surface area contributed by atoms with Crippen molar-refractivity contribution in [2.45, 2.75) is 6.61 Å². The van der Waals surface area contributed by atoms with E-state index >= 15 is 0 Å². The van der Waals surface area contributed by atoms with Crippen LogP contribution in [-0.2, 0) is 6.61 Å². The Morgan fingerprint density at radius 2 is 2.14 bits per heavy atom. The third-order valence-corrected chi connectivity index (χ3v) is 3.86. The summed E-state index contributed by atoms with van der Waals surface area (Å²) in [6.07, 6.45) is 0. The molecule has 0 amide bonds. The largest absolute Gasteiger partial charge is 0.478 e. The number of aromatic nitrogens is 3. The minimum atomic E-state index is -1.00. The Kier molecular flexibility index (Phi) is 3.51. The lowest BCUT2D eigenvalue weighted by Gasteiger charge is -2.06. The fraction of sp³-hybridized carbons (Fsp3) is 0.0714. The van der Waals surface area contributed by atoms with Crippen LogP contribution in [0.5, 0.6) is 0 Å². The molecule has 0 aliphatic heterocycles. The van der Waals surface area contributed by atoms with Crippen molar-refractivity contribution in [1.82, 2.24) is 15.0 Å². The Morgan fingerprint density at radius 3 is 2.81 bits per heavy atom. The van der Waals surface area contributed by atoms with Crippen LogP contribution in [0.3, 0.4) is 0 Å². The number of hydrogen-bond donors (Lipinski definition) is 2. The molecule has 2 N–H and O–H groups in total. The average molecular weight is 301 g/mol. The molecule has 0 unspecified atom stereocenters. The second-order valence-electron chi connectivity index (χ2n) is 4.29. The third kappa shape index (κ3) is 2.44. The van der Waals surface area contributed by atoms with Gasteiger partial charge in [0.1, 0.15) is 11.4 Å². The summed E-state index contributed by atoms with van der Waals surface area (Å²) in [5, 5.41) is 28.4. The summed E-state index contributed by atoms with van der Waals surface area (Å²) in [5.74, 6) is -1.00. The number of carboxylic acids is 1. The first-order valence-electron chi connectivity index (χ1n) is 6.13. The van der Waals surface area contributed by atoms with Gasteiger partial charge in [0.15, 0.2) is 0 Å². The van der Waals surface area contributed by atoms with E-state index in [4.69, 9.17) is 5.11 Å². The quantitative estimate of drug-likeness (QED) is 0.771. The van der Waals surface area contributed by atoms with E-state index in [0.717, 1.165) is 4.88 Å². The maximum atomic E-state index is 11.1. The minimum Gasteiger partial charge on any atom is -0.478 e. The van der Waals surface area contributed by atoms with Crippen molar-refractivity contribution in [3.05, 3.63) is 53.0 Å². The molecule has 0 saturated heterocycles. The number of carbonyl (C=O) groups is 1. The highest BCUT2D eigenvalue weighted by atomic mass is 32.1. The topological polar surface area (TPSA) is 88.2 Å². The second kappa shape index (κ2) is 5.47. The normalized spacial score (nSPS) is 10.7. The molecule has 106 valence electrons.